The molecule has 0 saturated heterocycles. The number of thioether (sulfide) groups is 1. The Balaban J connectivity index is 2.82. The molecule has 1 N–H and O–H groups in total. The molecule has 0 aliphatic rings. The van der Waals surface area contributed by atoms with Crippen molar-refractivity contribution in [3.63, 3.8) is 0 Å². The summed E-state index contributed by atoms with van der Waals surface area (Å²) < 4.78 is 0. The van der Waals surface area contributed by atoms with E-state index in [4.69, 9.17) is 11.6 Å². The van der Waals surface area contributed by atoms with Crippen LogP contribution >= 0.6 is 23.4 Å². The summed E-state index contributed by atoms with van der Waals surface area (Å²) in [4.78, 5) is 14.1. The van der Waals surface area contributed by atoms with Crippen molar-refractivity contribution in [1.29, 1.82) is 0 Å². The largest absolute Gasteiger partial charge is 0.347 e. The third-order valence-electron chi connectivity index (χ3n) is 2.86. The van der Waals surface area contributed by atoms with Crippen LogP contribution in [0.25, 0.3) is 0 Å². The Labute approximate surface area is 124 Å². The molecule has 1 aromatic rings. The summed E-state index contributed by atoms with van der Waals surface area (Å²) in [5.41, 5.74) is 1.07. The normalized spacial score (nSPS) is 14.2. The van der Waals surface area contributed by atoms with E-state index in [1.165, 1.54) is 0 Å². The highest BCUT2D eigenvalue weighted by molar-refractivity contribution is 7.99. The lowest BCUT2D eigenvalue weighted by Gasteiger charge is -2.24. The van der Waals surface area contributed by atoms with Crippen LogP contribution in [0.2, 0.25) is 5.02 Å². The molecule has 106 valence electrons. The first kappa shape index (κ1) is 16.3. The topological polar surface area (TPSA) is 32.3 Å². The minimum absolute atomic E-state index is 0.0191. The number of hydrogen-bond acceptors (Lipinski definition) is 3. The van der Waals surface area contributed by atoms with Gasteiger partial charge in [0.15, 0.2) is 0 Å². The van der Waals surface area contributed by atoms with Gasteiger partial charge in [-0.1, -0.05) is 23.7 Å². The molecule has 0 heterocycles. The molecule has 0 spiro atoms. The van der Waals surface area contributed by atoms with Gasteiger partial charge in [-0.15, -0.1) is 0 Å². The molecular formula is C14H21ClN2OS. The summed E-state index contributed by atoms with van der Waals surface area (Å²) in [6, 6.07) is 7.60. The third kappa shape index (κ3) is 5.43. The zero-order chi connectivity index (χ0) is 14.4. The zero-order valence-electron chi connectivity index (χ0n) is 11.8. The van der Waals surface area contributed by atoms with Crippen molar-refractivity contribution in [2.45, 2.75) is 18.2 Å². The van der Waals surface area contributed by atoms with E-state index in [1.54, 1.807) is 11.8 Å². The average Bonchev–Trinajstić information content (AvgIpc) is 2.37. The van der Waals surface area contributed by atoms with Gasteiger partial charge in [0.25, 0.3) is 0 Å². The number of hydrogen-bond donors (Lipinski definition) is 1. The number of rotatable bonds is 6. The van der Waals surface area contributed by atoms with E-state index < -0.39 is 0 Å². The van der Waals surface area contributed by atoms with Gasteiger partial charge in [-0.3, -0.25) is 4.79 Å². The van der Waals surface area contributed by atoms with E-state index in [1.807, 2.05) is 51.5 Å². The first-order valence-corrected chi connectivity index (χ1v) is 7.84. The average molecular weight is 301 g/mol. The van der Waals surface area contributed by atoms with Gasteiger partial charge in [-0.05, 0) is 45.0 Å². The van der Waals surface area contributed by atoms with Crippen LogP contribution in [0, 0.1) is 0 Å². The highest BCUT2D eigenvalue weighted by atomic mass is 35.5. The van der Waals surface area contributed by atoms with Gasteiger partial charge in [0.1, 0.15) is 0 Å². The van der Waals surface area contributed by atoms with Crippen molar-refractivity contribution in [3.05, 3.63) is 34.9 Å². The van der Waals surface area contributed by atoms with Crippen LogP contribution in [0.4, 0.5) is 0 Å². The van der Waals surface area contributed by atoms with Gasteiger partial charge in [0, 0.05) is 11.6 Å². The maximum atomic E-state index is 12.0. The second-order valence-corrected chi connectivity index (χ2v) is 6.37. The summed E-state index contributed by atoms with van der Waals surface area (Å²) in [7, 11) is 3.99. The predicted octanol–water partition coefficient (Wildman–Crippen LogP) is 2.81. The molecule has 0 aromatic heterocycles. The molecule has 0 aliphatic heterocycles. The zero-order valence-corrected chi connectivity index (χ0v) is 13.4. The van der Waals surface area contributed by atoms with Gasteiger partial charge in [0.2, 0.25) is 5.91 Å². The molecule has 1 amide bonds. The molecule has 19 heavy (non-hydrogen) atoms. The van der Waals surface area contributed by atoms with Crippen LogP contribution in [-0.2, 0) is 4.79 Å². The van der Waals surface area contributed by atoms with Crippen molar-refractivity contribution >= 4 is 29.3 Å². The highest BCUT2D eigenvalue weighted by Gasteiger charge is 2.18. The van der Waals surface area contributed by atoms with Crippen LogP contribution in [0.5, 0.6) is 0 Å². The molecule has 0 saturated carbocycles. The second kappa shape index (κ2) is 7.78. The van der Waals surface area contributed by atoms with E-state index in [2.05, 4.69) is 10.2 Å². The minimum Gasteiger partial charge on any atom is -0.347 e. The fraction of sp³-hybridized carbons (Fsp3) is 0.500. The molecule has 2 atom stereocenters. The molecule has 0 bridgehead atoms. The van der Waals surface area contributed by atoms with Crippen LogP contribution < -0.4 is 5.32 Å². The van der Waals surface area contributed by atoms with E-state index in [0.717, 1.165) is 12.1 Å². The van der Waals surface area contributed by atoms with Crippen molar-refractivity contribution in [2.24, 2.45) is 0 Å². The first-order valence-electron chi connectivity index (χ1n) is 6.17. The highest BCUT2D eigenvalue weighted by Crippen LogP contribution is 2.18. The molecule has 1 aromatic carbocycles. The number of amides is 1. The number of nitrogens with one attached hydrogen (secondary N) is 1. The molecule has 5 heteroatoms. The minimum atomic E-state index is -0.0445. The van der Waals surface area contributed by atoms with E-state index >= 15 is 0 Å². The monoisotopic (exact) mass is 300 g/mol. The summed E-state index contributed by atoms with van der Waals surface area (Å²) in [6.07, 6.45) is 1.94. The fourth-order valence-electron chi connectivity index (χ4n) is 1.69. The molecule has 0 aliphatic carbocycles. The Morgan fingerprint density at radius 2 is 1.95 bits per heavy atom. The van der Waals surface area contributed by atoms with E-state index in [9.17, 15) is 4.79 Å². The van der Waals surface area contributed by atoms with Crippen LogP contribution in [0.15, 0.2) is 24.3 Å². The summed E-state index contributed by atoms with van der Waals surface area (Å²) in [5.74, 6) is 0.0642. The Kier molecular flexibility index (Phi) is 6.69. The Bertz CT molecular complexity index is 408. The summed E-state index contributed by atoms with van der Waals surface area (Å²) >= 11 is 7.44. The molecule has 1 rings (SSSR count). The summed E-state index contributed by atoms with van der Waals surface area (Å²) in [6.45, 7) is 2.67. The maximum Gasteiger partial charge on any atom is 0.233 e. The van der Waals surface area contributed by atoms with E-state index in [0.29, 0.717) is 5.02 Å². The van der Waals surface area contributed by atoms with Crippen molar-refractivity contribution in [3.8, 4) is 0 Å². The van der Waals surface area contributed by atoms with Crippen LogP contribution in [0.3, 0.4) is 0 Å². The molecule has 0 fully saturated rings. The summed E-state index contributed by atoms with van der Waals surface area (Å²) in [5, 5.41) is 3.75. The number of carbonyl (C=O) groups excluding carboxylic acids is 1. The van der Waals surface area contributed by atoms with E-state index in [-0.39, 0.29) is 17.2 Å². The fourth-order valence-corrected chi connectivity index (χ4v) is 2.10. The Morgan fingerprint density at radius 3 is 2.42 bits per heavy atom. The molecular weight excluding hydrogens is 280 g/mol. The van der Waals surface area contributed by atoms with Gasteiger partial charge in [-0.2, -0.15) is 11.8 Å². The lowest BCUT2D eigenvalue weighted by atomic mass is 10.1. The maximum absolute atomic E-state index is 12.0. The van der Waals surface area contributed by atoms with Crippen molar-refractivity contribution < 1.29 is 4.79 Å². The number of halogens is 1. The first-order chi connectivity index (χ1) is 8.93. The predicted molar refractivity (Wildman–Crippen MR) is 83.9 cm³/mol. The van der Waals surface area contributed by atoms with Crippen LogP contribution in [0.1, 0.15) is 18.5 Å². The SMILES string of the molecule is CS[C@H](C)C(=O)N[C@H](CN(C)C)c1ccc(Cl)cc1. The number of benzene rings is 1. The number of nitrogens with zero attached hydrogens (tertiary/aromatic N) is 1. The second-order valence-electron chi connectivity index (χ2n) is 4.75. The molecule has 0 radical (unpaired) electrons. The van der Waals surface area contributed by atoms with Crippen molar-refractivity contribution in [1.82, 2.24) is 10.2 Å². The van der Waals surface area contributed by atoms with Gasteiger partial charge < -0.3 is 10.2 Å². The van der Waals surface area contributed by atoms with Crippen LogP contribution in [-0.4, -0.2) is 43.0 Å². The number of carbonyl (C=O) groups is 1. The van der Waals surface area contributed by atoms with Gasteiger partial charge >= 0.3 is 0 Å². The Morgan fingerprint density at radius 1 is 1.37 bits per heavy atom. The lowest BCUT2D eigenvalue weighted by molar-refractivity contribution is -0.121. The molecule has 3 nitrogen and oxygen atoms in total. The number of likely N-dealkylation sites (N-methyl/N-ethyl adjacent to an activating group) is 1. The quantitative estimate of drug-likeness (QED) is 0.877. The third-order valence-corrected chi connectivity index (χ3v) is 4.03. The standard InChI is InChI=1S/C14H21ClN2OS/c1-10(19-4)14(18)16-13(9-17(2)3)11-5-7-12(15)8-6-11/h5-8,10,13H,9H2,1-4H3,(H,16,18)/t10-,13-/m1/s1. The molecule has 0 unspecified atom stereocenters. The van der Waals surface area contributed by atoms with Gasteiger partial charge in [-0.25, -0.2) is 0 Å². The smallest absolute Gasteiger partial charge is 0.233 e. The lowest BCUT2D eigenvalue weighted by Crippen LogP contribution is -2.38. The van der Waals surface area contributed by atoms with Crippen molar-refractivity contribution in [2.75, 3.05) is 26.9 Å². The Hall–Kier alpha value is -0.710. The van der Waals surface area contributed by atoms with Gasteiger partial charge in [0.05, 0.1) is 11.3 Å².